The molecule has 1 aliphatic rings. The average Bonchev–Trinajstić information content (AvgIpc) is 2.59. The first-order valence-electron chi connectivity index (χ1n) is 7.08. The van der Waals surface area contributed by atoms with E-state index in [-0.39, 0.29) is 5.92 Å². The molecule has 1 aliphatic heterocycles. The van der Waals surface area contributed by atoms with Crippen LogP contribution in [0.1, 0.15) is 22.6 Å². The van der Waals surface area contributed by atoms with Crippen LogP contribution in [-0.4, -0.2) is 13.2 Å². The number of ether oxygens (including phenoxy) is 2. The van der Waals surface area contributed by atoms with Gasteiger partial charge in [-0.2, -0.15) is 10.5 Å². The molecule has 0 N–H and O–H groups in total. The van der Waals surface area contributed by atoms with E-state index in [1.165, 1.54) is 0 Å². The third-order valence-electron chi connectivity index (χ3n) is 3.65. The lowest BCUT2D eigenvalue weighted by atomic mass is 9.92. The molecule has 22 heavy (non-hydrogen) atoms. The van der Waals surface area contributed by atoms with Crippen molar-refractivity contribution < 1.29 is 9.47 Å². The van der Waals surface area contributed by atoms with E-state index in [2.05, 4.69) is 12.1 Å². The van der Waals surface area contributed by atoms with Crippen LogP contribution in [0.2, 0.25) is 0 Å². The second-order valence-electron chi connectivity index (χ2n) is 5.10. The maximum absolute atomic E-state index is 9.47. The van der Waals surface area contributed by atoms with Gasteiger partial charge in [0.1, 0.15) is 13.2 Å². The molecule has 0 radical (unpaired) electrons. The van der Waals surface area contributed by atoms with Gasteiger partial charge in [-0.05, 0) is 41.8 Å². The smallest absolute Gasteiger partial charge is 0.161 e. The zero-order chi connectivity index (χ0) is 15.4. The molecular weight excluding hydrogens is 276 g/mol. The van der Waals surface area contributed by atoms with Crippen LogP contribution < -0.4 is 9.47 Å². The predicted molar refractivity (Wildman–Crippen MR) is 80.6 cm³/mol. The highest BCUT2D eigenvalue weighted by atomic mass is 16.6. The molecule has 0 aromatic heterocycles. The standard InChI is InChI=1S/C18H14N2O2/c19-11-14-3-1-13(2-4-14)9-16(12-20)15-5-6-17-18(10-15)22-8-7-21-17/h1-6,10,16H,7-9H2. The van der Waals surface area contributed by atoms with Crippen molar-refractivity contribution in [1.29, 1.82) is 10.5 Å². The van der Waals surface area contributed by atoms with Crippen LogP contribution in [0.5, 0.6) is 11.5 Å². The van der Waals surface area contributed by atoms with Crippen LogP contribution >= 0.6 is 0 Å². The van der Waals surface area contributed by atoms with Gasteiger partial charge in [-0.1, -0.05) is 18.2 Å². The summed E-state index contributed by atoms with van der Waals surface area (Å²) >= 11 is 0. The van der Waals surface area contributed by atoms with Gasteiger partial charge in [-0.25, -0.2) is 0 Å². The van der Waals surface area contributed by atoms with Crippen molar-refractivity contribution in [3.05, 3.63) is 59.2 Å². The van der Waals surface area contributed by atoms with Crippen LogP contribution in [0.15, 0.2) is 42.5 Å². The van der Waals surface area contributed by atoms with E-state index in [4.69, 9.17) is 14.7 Å². The third-order valence-corrected chi connectivity index (χ3v) is 3.65. The van der Waals surface area contributed by atoms with E-state index in [1.807, 2.05) is 30.3 Å². The molecule has 0 fully saturated rings. The Kier molecular flexibility index (Phi) is 3.94. The summed E-state index contributed by atoms with van der Waals surface area (Å²) in [5.41, 5.74) is 2.56. The summed E-state index contributed by atoms with van der Waals surface area (Å²) in [5, 5.41) is 18.3. The Labute approximate surface area is 129 Å². The fourth-order valence-corrected chi connectivity index (χ4v) is 2.47. The molecule has 0 bridgehead atoms. The van der Waals surface area contributed by atoms with Crippen molar-refractivity contribution in [2.75, 3.05) is 13.2 Å². The van der Waals surface area contributed by atoms with Gasteiger partial charge in [-0.3, -0.25) is 0 Å². The van der Waals surface area contributed by atoms with Gasteiger partial charge in [0.2, 0.25) is 0 Å². The van der Waals surface area contributed by atoms with Crippen molar-refractivity contribution in [2.24, 2.45) is 0 Å². The molecule has 1 unspecified atom stereocenters. The second kappa shape index (κ2) is 6.20. The lowest BCUT2D eigenvalue weighted by Crippen LogP contribution is -2.15. The van der Waals surface area contributed by atoms with Gasteiger partial charge in [0, 0.05) is 0 Å². The molecule has 2 aromatic carbocycles. The maximum Gasteiger partial charge on any atom is 0.161 e. The van der Waals surface area contributed by atoms with E-state index in [1.54, 1.807) is 12.1 Å². The SMILES string of the molecule is N#Cc1ccc(CC(C#N)c2ccc3c(c2)OCCO3)cc1. The van der Waals surface area contributed by atoms with E-state index in [0.29, 0.717) is 30.9 Å². The number of benzene rings is 2. The van der Waals surface area contributed by atoms with Crippen LogP contribution in [0, 0.1) is 22.7 Å². The summed E-state index contributed by atoms with van der Waals surface area (Å²) in [5.74, 6) is 1.16. The Balaban J connectivity index is 1.82. The fourth-order valence-electron chi connectivity index (χ4n) is 2.47. The van der Waals surface area contributed by atoms with Crippen LogP contribution in [-0.2, 0) is 6.42 Å². The molecule has 0 saturated carbocycles. The molecule has 4 heteroatoms. The maximum atomic E-state index is 9.47. The van der Waals surface area contributed by atoms with E-state index < -0.39 is 0 Å². The topological polar surface area (TPSA) is 66.0 Å². The highest BCUT2D eigenvalue weighted by Crippen LogP contribution is 2.33. The molecular formula is C18H14N2O2. The molecule has 4 nitrogen and oxygen atoms in total. The van der Waals surface area contributed by atoms with Gasteiger partial charge in [-0.15, -0.1) is 0 Å². The second-order valence-corrected chi connectivity index (χ2v) is 5.10. The van der Waals surface area contributed by atoms with Gasteiger partial charge in [0.15, 0.2) is 11.5 Å². The van der Waals surface area contributed by atoms with Gasteiger partial charge in [0.05, 0.1) is 23.6 Å². The molecule has 0 aliphatic carbocycles. The minimum absolute atomic E-state index is 0.260. The molecule has 0 amide bonds. The highest BCUT2D eigenvalue weighted by molar-refractivity contribution is 5.46. The first kappa shape index (κ1) is 14.0. The van der Waals surface area contributed by atoms with Crippen molar-refractivity contribution in [1.82, 2.24) is 0 Å². The van der Waals surface area contributed by atoms with E-state index in [9.17, 15) is 5.26 Å². The Morgan fingerprint density at radius 3 is 2.36 bits per heavy atom. The van der Waals surface area contributed by atoms with E-state index >= 15 is 0 Å². The minimum atomic E-state index is -0.260. The van der Waals surface area contributed by atoms with Crippen molar-refractivity contribution in [3.8, 4) is 23.6 Å². The number of nitriles is 2. The van der Waals surface area contributed by atoms with Crippen molar-refractivity contribution in [3.63, 3.8) is 0 Å². The third kappa shape index (κ3) is 2.87. The number of rotatable bonds is 3. The minimum Gasteiger partial charge on any atom is -0.486 e. The summed E-state index contributed by atoms with van der Waals surface area (Å²) in [6, 6.07) is 17.4. The fraction of sp³-hybridized carbons (Fsp3) is 0.222. The van der Waals surface area contributed by atoms with Crippen molar-refractivity contribution in [2.45, 2.75) is 12.3 Å². The largest absolute Gasteiger partial charge is 0.486 e. The predicted octanol–water partition coefficient (Wildman–Crippen LogP) is 3.18. The van der Waals surface area contributed by atoms with Crippen LogP contribution in [0.25, 0.3) is 0 Å². The molecule has 3 rings (SSSR count). The average molecular weight is 290 g/mol. The van der Waals surface area contributed by atoms with Crippen LogP contribution in [0.4, 0.5) is 0 Å². The molecule has 2 aromatic rings. The summed E-state index contributed by atoms with van der Waals surface area (Å²) in [4.78, 5) is 0. The summed E-state index contributed by atoms with van der Waals surface area (Å²) < 4.78 is 11.1. The summed E-state index contributed by atoms with van der Waals surface area (Å²) in [7, 11) is 0. The van der Waals surface area contributed by atoms with Crippen LogP contribution in [0.3, 0.4) is 0 Å². The molecule has 0 saturated heterocycles. The number of hydrogen-bond donors (Lipinski definition) is 0. The number of hydrogen-bond acceptors (Lipinski definition) is 4. The van der Waals surface area contributed by atoms with Gasteiger partial charge >= 0.3 is 0 Å². The van der Waals surface area contributed by atoms with E-state index in [0.717, 1.165) is 16.9 Å². The molecule has 1 heterocycles. The zero-order valence-electron chi connectivity index (χ0n) is 12.0. The molecule has 1 atom stereocenters. The first-order valence-corrected chi connectivity index (χ1v) is 7.08. The number of fused-ring (bicyclic) bond motifs is 1. The zero-order valence-corrected chi connectivity index (χ0v) is 12.0. The van der Waals surface area contributed by atoms with Crippen molar-refractivity contribution >= 4 is 0 Å². The summed E-state index contributed by atoms with van der Waals surface area (Å²) in [6.07, 6.45) is 0.599. The number of nitrogens with zero attached hydrogens (tertiary/aromatic N) is 2. The first-order chi connectivity index (χ1) is 10.8. The normalized spacial score (nSPS) is 13.7. The summed E-state index contributed by atoms with van der Waals surface area (Å²) in [6.45, 7) is 1.09. The Morgan fingerprint density at radius 2 is 1.68 bits per heavy atom. The van der Waals surface area contributed by atoms with Gasteiger partial charge < -0.3 is 9.47 Å². The Hall–Kier alpha value is -2.98. The lowest BCUT2D eigenvalue weighted by molar-refractivity contribution is 0.171. The lowest BCUT2D eigenvalue weighted by Gasteiger charge is -2.20. The monoisotopic (exact) mass is 290 g/mol. The quantitative estimate of drug-likeness (QED) is 0.870. The molecule has 108 valence electrons. The Bertz CT molecular complexity index is 754. The highest BCUT2D eigenvalue weighted by Gasteiger charge is 2.17. The van der Waals surface area contributed by atoms with Gasteiger partial charge in [0.25, 0.3) is 0 Å². The Morgan fingerprint density at radius 1 is 0.955 bits per heavy atom. The molecule has 0 spiro atoms.